The number of unbranched alkanes of at least 4 members (excludes halogenated alkanes) is 4. The first kappa shape index (κ1) is 13.0. The van der Waals surface area contributed by atoms with E-state index in [1.165, 1.54) is 38.5 Å². The Bertz CT molecular complexity index is 136. The van der Waals surface area contributed by atoms with Crippen LogP contribution in [0, 0.1) is 0 Å². The van der Waals surface area contributed by atoms with E-state index in [0.717, 1.165) is 5.33 Å². The van der Waals surface area contributed by atoms with Crippen molar-refractivity contribution in [3.8, 4) is 0 Å². The zero-order chi connectivity index (χ0) is 9.78. The number of halogens is 1. The summed E-state index contributed by atoms with van der Waals surface area (Å²) in [4.78, 5) is 0. The summed E-state index contributed by atoms with van der Waals surface area (Å²) in [7, 11) is 0. The second-order valence-corrected chi connectivity index (χ2v) is 3.98. The molecule has 0 aromatic heterocycles. The van der Waals surface area contributed by atoms with Gasteiger partial charge in [0.2, 0.25) is 0 Å². The molecule has 0 fully saturated rings. The second-order valence-electron chi connectivity index (χ2n) is 3.18. The van der Waals surface area contributed by atoms with E-state index < -0.39 is 0 Å². The van der Waals surface area contributed by atoms with E-state index >= 15 is 0 Å². The molecule has 0 heterocycles. The Morgan fingerprint density at radius 2 is 1.54 bits per heavy atom. The lowest BCUT2D eigenvalue weighted by atomic mass is 10.2. The van der Waals surface area contributed by atoms with Crippen molar-refractivity contribution < 1.29 is 0 Å². The molecular formula is C12H21Br. The van der Waals surface area contributed by atoms with Crippen molar-refractivity contribution in [2.24, 2.45) is 0 Å². The van der Waals surface area contributed by atoms with Gasteiger partial charge >= 0.3 is 0 Å². The number of hydrogen-bond acceptors (Lipinski definition) is 0. The lowest BCUT2D eigenvalue weighted by Crippen LogP contribution is -1.72. The average Bonchev–Trinajstić information content (AvgIpc) is 2.16. The van der Waals surface area contributed by atoms with E-state index in [-0.39, 0.29) is 0 Å². The molecule has 0 radical (unpaired) electrons. The Kier molecular flexibility index (Phi) is 11.9. The third-order valence-corrected chi connectivity index (χ3v) is 2.42. The molecule has 13 heavy (non-hydrogen) atoms. The van der Waals surface area contributed by atoms with Crippen LogP contribution in [0.5, 0.6) is 0 Å². The van der Waals surface area contributed by atoms with Crippen molar-refractivity contribution in [3.63, 3.8) is 0 Å². The fourth-order valence-electron chi connectivity index (χ4n) is 1.03. The van der Waals surface area contributed by atoms with Gasteiger partial charge < -0.3 is 0 Å². The molecule has 0 nitrogen and oxygen atoms in total. The summed E-state index contributed by atoms with van der Waals surface area (Å²) in [5.41, 5.74) is 0. The summed E-state index contributed by atoms with van der Waals surface area (Å²) in [6.45, 7) is 2.23. The second kappa shape index (κ2) is 12.0. The Balaban J connectivity index is 3.15. The van der Waals surface area contributed by atoms with Crippen molar-refractivity contribution in [1.29, 1.82) is 0 Å². The average molecular weight is 245 g/mol. The molecule has 0 aromatic rings. The molecule has 0 rings (SSSR count). The third-order valence-electron chi connectivity index (χ3n) is 1.86. The highest BCUT2D eigenvalue weighted by atomic mass is 79.9. The molecule has 0 bridgehead atoms. The van der Waals surface area contributed by atoms with Gasteiger partial charge in [-0.05, 0) is 25.7 Å². The monoisotopic (exact) mass is 244 g/mol. The molecule has 0 aliphatic rings. The van der Waals surface area contributed by atoms with Crippen LogP contribution in [0.2, 0.25) is 0 Å². The quantitative estimate of drug-likeness (QED) is 0.325. The predicted molar refractivity (Wildman–Crippen MR) is 65.5 cm³/mol. The number of alkyl halides is 1. The Hall–Kier alpha value is -0.0400. The van der Waals surface area contributed by atoms with Crippen molar-refractivity contribution in [2.75, 3.05) is 5.33 Å². The van der Waals surface area contributed by atoms with Crippen LogP contribution < -0.4 is 0 Å². The van der Waals surface area contributed by atoms with Gasteiger partial charge in [0, 0.05) is 5.33 Å². The molecule has 0 spiro atoms. The van der Waals surface area contributed by atoms with Crippen LogP contribution in [0.4, 0.5) is 0 Å². The SMILES string of the molecule is CCCC/C=C\C=C\CCCCBr. The fourth-order valence-corrected chi connectivity index (χ4v) is 1.42. The third kappa shape index (κ3) is 12.0. The van der Waals surface area contributed by atoms with Gasteiger partial charge in [0.05, 0.1) is 0 Å². The highest BCUT2D eigenvalue weighted by Gasteiger charge is 1.80. The number of hydrogen-bond donors (Lipinski definition) is 0. The van der Waals surface area contributed by atoms with Gasteiger partial charge in [-0.15, -0.1) is 0 Å². The first-order valence-corrected chi connectivity index (χ1v) is 6.41. The first-order valence-electron chi connectivity index (χ1n) is 5.29. The van der Waals surface area contributed by atoms with E-state index in [4.69, 9.17) is 0 Å². The zero-order valence-corrected chi connectivity index (χ0v) is 10.2. The van der Waals surface area contributed by atoms with Gasteiger partial charge in [-0.3, -0.25) is 0 Å². The van der Waals surface area contributed by atoms with Gasteiger partial charge in [0.1, 0.15) is 0 Å². The van der Waals surface area contributed by atoms with Crippen molar-refractivity contribution >= 4 is 15.9 Å². The molecule has 0 aliphatic heterocycles. The van der Waals surface area contributed by atoms with Crippen molar-refractivity contribution in [1.82, 2.24) is 0 Å². The van der Waals surface area contributed by atoms with Crippen LogP contribution in [-0.2, 0) is 0 Å². The number of rotatable bonds is 8. The van der Waals surface area contributed by atoms with E-state index in [2.05, 4.69) is 47.2 Å². The smallest absolute Gasteiger partial charge is 0.00314 e. The predicted octanol–water partition coefficient (Wildman–Crippen LogP) is 4.85. The van der Waals surface area contributed by atoms with Crippen LogP contribution in [-0.4, -0.2) is 5.33 Å². The van der Waals surface area contributed by atoms with Crippen LogP contribution in [0.1, 0.15) is 45.4 Å². The topological polar surface area (TPSA) is 0 Å². The maximum absolute atomic E-state index is 3.42. The maximum atomic E-state index is 3.42. The minimum absolute atomic E-state index is 1.13. The van der Waals surface area contributed by atoms with Gasteiger partial charge in [-0.2, -0.15) is 0 Å². The largest absolute Gasteiger partial charge is 0.0928 e. The van der Waals surface area contributed by atoms with Gasteiger partial charge in [-0.1, -0.05) is 60.0 Å². The molecule has 0 amide bonds. The molecule has 0 N–H and O–H groups in total. The lowest BCUT2D eigenvalue weighted by molar-refractivity contribution is 0.814. The summed E-state index contributed by atoms with van der Waals surface area (Å²) < 4.78 is 0. The first-order chi connectivity index (χ1) is 6.41. The minimum Gasteiger partial charge on any atom is -0.0928 e. The van der Waals surface area contributed by atoms with Gasteiger partial charge in [0.25, 0.3) is 0 Å². The normalized spacial score (nSPS) is 11.8. The van der Waals surface area contributed by atoms with Crippen LogP contribution in [0.25, 0.3) is 0 Å². The van der Waals surface area contributed by atoms with E-state index in [0.29, 0.717) is 0 Å². The molecule has 0 aliphatic carbocycles. The summed E-state index contributed by atoms with van der Waals surface area (Å²) in [6.07, 6.45) is 16.5. The van der Waals surface area contributed by atoms with E-state index in [9.17, 15) is 0 Å². The fraction of sp³-hybridized carbons (Fsp3) is 0.667. The Labute approximate surface area is 91.2 Å². The molecule has 0 aromatic carbocycles. The van der Waals surface area contributed by atoms with Crippen molar-refractivity contribution in [2.45, 2.75) is 45.4 Å². The standard InChI is InChI=1S/C12H21Br/c1-2-3-4-5-6-7-8-9-10-11-12-13/h5-8H,2-4,9-12H2,1H3/b6-5-,8-7+. The molecule has 76 valence electrons. The maximum Gasteiger partial charge on any atom is 0.00314 e. The molecule has 0 atom stereocenters. The van der Waals surface area contributed by atoms with E-state index in [1.54, 1.807) is 0 Å². The summed E-state index contributed by atoms with van der Waals surface area (Å²) >= 11 is 3.42. The van der Waals surface area contributed by atoms with Gasteiger partial charge in [-0.25, -0.2) is 0 Å². The summed E-state index contributed by atoms with van der Waals surface area (Å²) in [5.74, 6) is 0. The van der Waals surface area contributed by atoms with Crippen LogP contribution >= 0.6 is 15.9 Å². The highest BCUT2D eigenvalue weighted by Crippen LogP contribution is 2.00. The molecule has 0 saturated heterocycles. The van der Waals surface area contributed by atoms with Gasteiger partial charge in [0.15, 0.2) is 0 Å². The van der Waals surface area contributed by atoms with Crippen molar-refractivity contribution in [3.05, 3.63) is 24.3 Å². The highest BCUT2D eigenvalue weighted by molar-refractivity contribution is 9.09. The molecule has 0 saturated carbocycles. The molecular weight excluding hydrogens is 224 g/mol. The Morgan fingerprint density at radius 3 is 2.08 bits per heavy atom. The molecule has 1 heteroatoms. The summed E-state index contributed by atoms with van der Waals surface area (Å²) in [6, 6.07) is 0. The van der Waals surface area contributed by atoms with Crippen LogP contribution in [0.3, 0.4) is 0 Å². The zero-order valence-electron chi connectivity index (χ0n) is 8.64. The van der Waals surface area contributed by atoms with E-state index in [1.807, 2.05) is 0 Å². The summed E-state index contributed by atoms with van der Waals surface area (Å²) in [5, 5.41) is 1.13. The lowest BCUT2D eigenvalue weighted by Gasteiger charge is -1.89. The van der Waals surface area contributed by atoms with Crippen LogP contribution in [0.15, 0.2) is 24.3 Å². The molecule has 0 unspecified atom stereocenters. The minimum atomic E-state index is 1.13. The Morgan fingerprint density at radius 1 is 0.923 bits per heavy atom. The number of allylic oxidation sites excluding steroid dienone is 4.